The maximum absolute atomic E-state index is 12.9. The molecule has 12 heteroatoms. The maximum Gasteiger partial charge on any atom is 0.227 e. The summed E-state index contributed by atoms with van der Waals surface area (Å²) in [6.45, 7) is 4.69. The lowest BCUT2D eigenvalue weighted by Gasteiger charge is -2.24. The molecule has 3 aromatic rings. The highest BCUT2D eigenvalue weighted by atomic mass is 16.6. The predicted octanol–water partition coefficient (Wildman–Crippen LogP) is 1.12. The summed E-state index contributed by atoms with van der Waals surface area (Å²) in [5.41, 5.74) is 7.85. The van der Waals surface area contributed by atoms with Crippen LogP contribution >= 0.6 is 0 Å². The number of carbonyl (C=O) groups excluding carboxylic acids is 1. The average molecular weight is 550 g/mol. The Labute approximate surface area is 231 Å². The topological polar surface area (TPSA) is 172 Å². The molecule has 1 saturated heterocycles. The molecular formula is C28H35N7O5. The number of rotatable bonds is 10. The number of hydrogen-bond acceptors (Lipinski definition) is 10. The largest absolute Gasteiger partial charge is 0.394 e. The van der Waals surface area contributed by atoms with Gasteiger partial charge in [0.15, 0.2) is 23.5 Å². The summed E-state index contributed by atoms with van der Waals surface area (Å²) in [5, 5.41) is 30.5. The molecule has 40 heavy (non-hydrogen) atoms. The number of nitrogen functional groups attached to an aromatic ring is 1. The van der Waals surface area contributed by atoms with E-state index in [1.54, 1.807) is 11.1 Å². The van der Waals surface area contributed by atoms with Crippen LogP contribution in [0, 0.1) is 0 Å². The van der Waals surface area contributed by atoms with Gasteiger partial charge in [-0.05, 0) is 43.9 Å². The van der Waals surface area contributed by atoms with E-state index < -0.39 is 36.7 Å². The predicted molar refractivity (Wildman–Crippen MR) is 148 cm³/mol. The van der Waals surface area contributed by atoms with Gasteiger partial charge in [0.05, 0.1) is 19.4 Å². The van der Waals surface area contributed by atoms with E-state index in [1.807, 2.05) is 50.3 Å². The normalized spacial score (nSPS) is 26.0. The molecule has 1 aromatic carbocycles. The minimum Gasteiger partial charge on any atom is -0.394 e. The van der Waals surface area contributed by atoms with E-state index in [9.17, 15) is 20.1 Å². The SMILES string of the molecule is CCN(CC)C(=O)CC1=CC(CCc2ccccc2)(c2nc(N)c3ncn([C@@H]4O[C@H](CO)C(O)C4O)c3n2)N=C1. The Morgan fingerprint density at radius 2 is 1.90 bits per heavy atom. The monoisotopic (exact) mass is 549 g/mol. The molecule has 2 aliphatic heterocycles. The molecule has 2 aliphatic rings. The standard InChI is InChI=1S/C28H35N7O5/c1-3-34(4-2)20(37)12-18-13-28(31-14-18,11-10-17-8-6-5-7-9-17)27-32-24(29)21-25(33-27)35(16-30-21)26-23(39)22(38)19(15-36)40-26/h5-9,13-14,16,19,22-23,26,36,38-39H,3-4,10-12,15H2,1-2H3,(H2,29,32,33)/t19-,22?,23?,26-,28?/m1/s1. The quantitative estimate of drug-likeness (QED) is 0.289. The molecule has 4 heterocycles. The maximum atomic E-state index is 12.9. The number of imidazole rings is 1. The van der Waals surface area contributed by atoms with Crippen LogP contribution in [0.4, 0.5) is 5.82 Å². The molecule has 12 nitrogen and oxygen atoms in total. The van der Waals surface area contributed by atoms with Crippen LogP contribution in [0.15, 0.2) is 53.3 Å². The van der Waals surface area contributed by atoms with Gasteiger partial charge in [-0.2, -0.15) is 0 Å². The first-order valence-corrected chi connectivity index (χ1v) is 13.5. The Hall–Kier alpha value is -3.71. The third-order valence-electron chi connectivity index (χ3n) is 7.62. The zero-order chi connectivity index (χ0) is 28.4. The molecular weight excluding hydrogens is 514 g/mol. The Kier molecular flexibility index (Phi) is 7.95. The van der Waals surface area contributed by atoms with E-state index in [2.05, 4.69) is 9.97 Å². The second-order valence-electron chi connectivity index (χ2n) is 10.1. The minimum atomic E-state index is -1.32. The number of aryl methyl sites for hydroxylation is 1. The fourth-order valence-electron chi connectivity index (χ4n) is 5.32. The van der Waals surface area contributed by atoms with E-state index in [4.69, 9.17) is 20.4 Å². The van der Waals surface area contributed by atoms with Crippen LogP contribution in [0.1, 0.15) is 44.3 Å². The van der Waals surface area contributed by atoms with E-state index in [1.165, 1.54) is 10.9 Å². The number of aliphatic hydroxyl groups excluding tert-OH is 3. The van der Waals surface area contributed by atoms with Crippen LogP contribution in [0.2, 0.25) is 0 Å². The Morgan fingerprint density at radius 3 is 2.58 bits per heavy atom. The highest BCUT2D eigenvalue weighted by Gasteiger charge is 2.44. The highest BCUT2D eigenvalue weighted by Crippen LogP contribution is 2.38. The summed E-state index contributed by atoms with van der Waals surface area (Å²) in [4.78, 5) is 33.2. The number of anilines is 1. The molecule has 0 spiro atoms. The fourth-order valence-corrected chi connectivity index (χ4v) is 5.32. The van der Waals surface area contributed by atoms with Crippen molar-refractivity contribution in [2.24, 2.45) is 4.99 Å². The summed E-state index contributed by atoms with van der Waals surface area (Å²) in [5.74, 6) is 0.462. The molecule has 5 atom stereocenters. The van der Waals surface area contributed by atoms with Crippen molar-refractivity contribution in [3.63, 3.8) is 0 Å². The lowest BCUT2D eigenvalue weighted by atomic mass is 9.90. The lowest BCUT2D eigenvalue weighted by molar-refractivity contribution is -0.129. The second-order valence-corrected chi connectivity index (χ2v) is 10.1. The molecule has 212 valence electrons. The number of fused-ring (bicyclic) bond motifs is 1. The molecule has 0 saturated carbocycles. The Balaban J connectivity index is 1.55. The number of carbonyl (C=O) groups is 1. The smallest absolute Gasteiger partial charge is 0.227 e. The van der Waals surface area contributed by atoms with E-state index in [0.29, 0.717) is 42.9 Å². The number of aromatic nitrogens is 4. The molecule has 0 radical (unpaired) electrons. The van der Waals surface area contributed by atoms with Gasteiger partial charge in [0.1, 0.15) is 29.4 Å². The molecule has 1 amide bonds. The van der Waals surface area contributed by atoms with E-state index in [-0.39, 0.29) is 18.1 Å². The number of amides is 1. The summed E-state index contributed by atoms with van der Waals surface area (Å²) in [6, 6.07) is 9.99. The molecule has 2 aromatic heterocycles. The zero-order valence-corrected chi connectivity index (χ0v) is 22.6. The first-order valence-electron chi connectivity index (χ1n) is 13.5. The van der Waals surface area contributed by atoms with Gasteiger partial charge in [-0.1, -0.05) is 30.3 Å². The number of nitrogens with two attached hydrogens (primary N) is 1. The Bertz CT molecular complexity index is 1420. The van der Waals surface area contributed by atoms with Crippen LogP contribution in [0.3, 0.4) is 0 Å². The van der Waals surface area contributed by atoms with Crippen molar-refractivity contribution in [1.82, 2.24) is 24.4 Å². The van der Waals surface area contributed by atoms with Crippen LogP contribution in [0.25, 0.3) is 11.2 Å². The molecule has 0 aliphatic carbocycles. The number of ether oxygens (including phenoxy) is 1. The van der Waals surface area contributed by atoms with Gasteiger partial charge in [-0.3, -0.25) is 14.4 Å². The summed E-state index contributed by atoms with van der Waals surface area (Å²) < 4.78 is 7.20. The third kappa shape index (κ3) is 5.10. The van der Waals surface area contributed by atoms with Gasteiger partial charge in [0.25, 0.3) is 0 Å². The molecule has 5 rings (SSSR count). The van der Waals surface area contributed by atoms with Crippen LogP contribution in [0.5, 0.6) is 0 Å². The van der Waals surface area contributed by atoms with E-state index >= 15 is 0 Å². The third-order valence-corrected chi connectivity index (χ3v) is 7.62. The van der Waals surface area contributed by atoms with Crippen LogP contribution in [-0.2, 0) is 21.5 Å². The van der Waals surface area contributed by atoms with Crippen LogP contribution < -0.4 is 5.73 Å². The molecule has 0 bridgehead atoms. The van der Waals surface area contributed by atoms with Crippen molar-refractivity contribution >= 4 is 29.1 Å². The van der Waals surface area contributed by atoms with Crippen molar-refractivity contribution < 1.29 is 24.9 Å². The molecule has 1 fully saturated rings. The van der Waals surface area contributed by atoms with Crippen molar-refractivity contribution in [3.05, 3.63) is 59.7 Å². The van der Waals surface area contributed by atoms with Gasteiger partial charge >= 0.3 is 0 Å². The van der Waals surface area contributed by atoms with E-state index in [0.717, 1.165) is 11.1 Å². The van der Waals surface area contributed by atoms with Gasteiger partial charge in [0, 0.05) is 19.3 Å². The van der Waals surface area contributed by atoms with Crippen LogP contribution in [-0.4, -0.2) is 89.9 Å². The highest BCUT2D eigenvalue weighted by molar-refractivity contribution is 5.92. The number of aliphatic imine (C=N–C) groups is 1. The van der Waals surface area contributed by atoms with Crippen molar-refractivity contribution in [2.45, 2.75) is 63.2 Å². The average Bonchev–Trinajstić information content (AvgIpc) is 3.65. The van der Waals surface area contributed by atoms with Gasteiger partial charge in [0.2, 0.25) is 5.91 Å². The van der Waals surface area contributed by atoms with Gasteiger partial charge < -0.3 is 30.7 Å². The molecule has 3 unspecified atom stereocenters. The Morgan fingerprint density at radius 1 is 1.15 bits per heavy atom. The molecule has 5 N–H and O–H groups in total. The van der Waals surface area contributed by atoms with Gasteiger partial charge in [-0.15, -0.1) is 0 Å². The summed E-state index contributed by atoms with van der Waals surface area (Å²) in [7, 11) is 0. The fraction of sp³-hybridized carbons (Fsp3) is 0.464. The van der Waals surface area contributed by atoms with Crippen molar-refractivity contribution in [2.75, 3.05) is 25.4 Å². The minimum absolute atomic E-state index is 0.0138. The lowest BCUT2D eigenvalue weighted by Crippen LogP contribution is -2.33. The number of nitrogens with zero attached hydrogens (tertiary/aromatic N) is 6. The number of aliphatic hydroxyl groups is 3. The zero-order valence-electron chi connectivity index (χ0n) is 22.6. The number of benzene rings is 1. The summed E-state index contributed by atoms with van der Waals surface area (Å²) in [6.07, 6.45) is 1.86. The van der Waals surface area contributed by atoms with Gasteiger partial charge in [-0.25, -0.2) is 15.0 Å². The first-order chi connectivity index (χ1) is 19.3. The van der Waals surface area contributed by atoms with Crippen molar-refractivity contribution in [3.8, 4) is 0 Å². The van der Waals surface area contributed by atoms with Crippen molar-refractivity contribution in [1.29, 1.82) is 0 Å². The summed E-state index contributed by atoms with van der Waals surface area (Å²) >= 11 is 0. The first kappa shape index (κ1) is 27.8. The number of hydrogen-bond donors (Lipinski definition) is 4. The second kappa shape index (κ2) is 11.4.